The van der Waals surface area contributed by atoms with Gasteiger partial charge in [-0.05, 0) is 48.4 Å². The largest absolute Gasteiger partial charge is 0.497 e. The second-order valence-corrected chi connectivity index (χ2v) is 8.32. The summed E-state index contributed by atoms with van der Waals surface area (Å²) in [6.07, 6.45) is 1.41. The molecule has 27 heavy (non-hydrogen) atoms. The lowest BCUT2D eigenvalue weighted by molar-refractivity contribution is -0.122. The third-order valence-corrected chi connectivity index (χ3v) is 5.47. The van der Waals surface area contributed by atoms with E-state index in [1.54, 1.807) is 50.4 Å². The Morgan fingerprint density at radius 2 is 1.74 bits per heavy atom. The van der Waals surface area contributed by atoms with Crippen LogP contribution in [0.15, 0.2) is 48.5 Å². The number of anilines is 1. The molecule has 6 nitrogen and oxygen atoms in total. The molecule has 0 saturated heterocycles. The van der Waals surface area contributed by atoms with Crippen LogP contribution in [0.3, 0.4) is 0 Å². The minimum atomic E-state index is -3.67. The molecule has 0 aliphatic heterocycles. The van der Waals surface area contributed by atoms with Crippen molar-refractivity contribution in [2.24, 2.45) is 0 Å². The van der Waals surface area contributed by atoms with Gasteiger partial charge in [0.2, 0.25) is 15.9 Å². The van der Waals surface area contributed by atoms with Gasteiger partial charge in [-0.15, -0.1) is 0 Å². The van der Waals surface area contributed by atoms with E-state index in [0.29, 0.717) is 17.1 Å². The molecule has 2 aromatic rings. The molecule has 1 unspecified atom stereocenters. The van der Waals surface area contributed by atoms with Crippen molar-refractivity contribution in [3.05, 3.63) is 59.1 Å². The third kappa shape index (κ3) is 5.61. The highest BCUT2D eigenvalue weighted by Gasteiger charge is 2.31. The van der Waals surface area contributed by atoms with Gasteiger partial charge in [-0.3, -0.25) is 9.10 Å². The zero-order valence-electron chi connectivity index (χ0n) is 15.5. The first-order valence-electron chi connectivity index (χ1n) is 8.42. The lowest BCUT2D eigenvalue weighted by Gasteiger charge is -2.30. The summed E-state index contributed by atoms with van der Waals surface area (Å²) in [6.45, 7) is 2.06. The first-order chi connectivity index (χ1) is 12.8. The van der Waals surface area contributed by atoms with Gasteiger partial charge in [0, 0.05) is 11.6 Å². The fourth-order valence-corrected chi connectivity index (χ4v) is 4.04. The summed E-state index contributed by atoms with van der Waals surface area (Å²) in [7, 11) is -2.08. The van der Waals surface area contributed by atoms with Gasteiger partial charge < -0.3 is 10.1 Å². The number of benzene rings is 2. The van der Waals surface area contributed by atoms with E-state index in [0.717, 1.165) is 21.9 Å². The standard InChI is InChI=1S/C19H23ClN2O4S/c1-4-18(19(23)21-13-14-5-11-17(26-2)12-6-14)22(27(3,24)25)16-9-7-15(20)8-10-16/h5-12,18H,4,13H2,1-3H3,(H,21,23). The number of amides is 1. The summed E-state index contributed by atoms with van der Waals surface area (Å²) < 4.78 is 31.0. The Morgan fingerprint density at radius 1 is 1.15 bits per heavy atom. The minimum absolute atomic E-state index is 0.289. The predicted molar refractivity (Wildman–Crippen MR) is 108 cm³/mol. The highest BCUT2D eigenvalue weighted by atomic mass is 35.5. The van der Waals surface area contributed by atoms with E-state index in [4.69, 9.17) is 16.3 Å². The van der Waals surface area contributed by atoms with E-state index >= 15 is 0 Å². The Kier molecular flexibility index (Phi) is 7.10. The minimum Gasteiger partial charge on any atom is -0.497 e. The number of halogens is 1. The van der Waals surface area contributed by atoms with Gasteiger partial charge in [0.15, 0.2) is 0 Å². The second kappa shape index (κ2) is 9.10. The maximum absolute atomic E-state index is 12.7. The summed E-state index contributed by atoms with van der Waals surface area (Å²) in [5.41, 5.74) is 1.28. The zero-order valence-corrected chi connectivity index (χ0v) is 17.0. The van der Waals surface area contributed by atoms with Crippen molar-refractivity contribution in [3.8, 4) is 5.75 Å². The summed E-state index contributed by atoms with van der Waals surface area (Å²) in [6, 6.07) is 12.8. The number of methoxy groups -OCH3 is 1. The van der Waals surface area contributed by atoms with Gasteiger partial charge in [-0.1, -0.05) is 30.7 Å². The number of sulfonamides is 1. The van der Waals surface area contributed by atoms with E-state index in [1.165, 1.54) is 0 Å². The van der Waals surface area contributed by atoms with Gasteiger partial charge in [0.25, 0.3) is 0 Å². The molecule has 1 amide bonds. The fourth-order valence-electron chi connectivity index (χ4n) is 2.70. The third-order valence-electron chi connectivity index (χ3n) is 4.04. The van der Waals surface area contributed by atoms with Crippen molar-refractivity contribution in [1.82, 2.24) is 5.32 Å². The molecule has 0 saturated carbocycles. The Balaban J connectivity index is 2.19. The molecule has 0 aliphatic rings. The van der Waals surface area contributed by atoms with Crippen molar-refractivity contribution in [1.29, 1.82) is 0 Å². The molecule has 0 fully saturated rings. The van der Waals surface area contributed by atoms with Crippen LogP contribution in [0.4, 0.5) is 5.69 Å². The smallest absolute Gasteiger partial charge is 0.244 e. The molecule has 0 heterocycles. The molecule has 0 bridgehead atoms. The molecule has 146 valence electrons. The van der Waals surface area contributed by atoms with Crippen molar-refractivity contribution in [2.75, 3.05) is 17.7 Å². The summed E-state index contributed by atoms with van der Waals surface area (Å²) in [4.78, 5) is 12.7. The number of rotatable bonds is 8. The molecule has 0 aromatic heterocycles. The van der Waals surface area contributed by atoms with Crippen molar-refractivity contribution in [3.63, 3.8) is 0 Å². The summed E-state index contributed by atoms with van der Waals surface area (Å²) in [5.74, 6) is 0.358. The van der Waals surface area contributed by atoms with Gasteiger partial charge in [-0.2, -0.15) is 0 Å². The van der Waals surface area contributed by atoms with Crippen LogP contribution >= 0.6 is 11.6 Å². The van der Waals surface area contributed by atoms with Gasteiger partial charge in [0.1, 0.15) is 11.8 Å². The lowest BCUT2D eigenvalue weighted by atomic mass is 10.1. The maximum Gasteiger partial charge on any atom is 0.244 e. The molecule has 1 atom stereocenters. The first kappa shape index (κ1) is 21.1. The second-order valence-electron chi connectivity index (χ2n) is 6.03. The molecular weight excluding hydrogens is 388 g/mol. The van der Waals surface area contributed by atoms with Crippen LogP contribution in [0.2, 0.25) is 5.02 Å². The number of nitrogens with one attached hydrogen (secondary N) is 1. The van der Waals surface area contributed by atoms with E-state index in [9.17, 15) is 13.2 Å². The van der Waals surface area contributed by atoms with E-state index in [2.05, 4.69) is 5.32 Å². The SMILES string of the molecule is CCC(C(=O)NCc1ccc(OC)cc1)N(c1ccc(Cl)cc1)S(C)(=O)=O. The maximum atomic E-state index is 12.7. The Labute approximate surface area is 165 Å². The number of nitrogens with zero attached hydrogens (tertiary/aromatic N) is 1. The molecule has 0 spiro atoms. The quantitative estimate of drug-likeness (QED) is 0.725. The van der Waals surface area contributed by atoms with Crippen LogP contribution < -0.4 is 14.4 Å². The Morgan fingerprint density at radius 3 is 2.22 bits per heavy atom. The highest BCUT2D eigenvalue weighted by molar-refractivity contribution is 7.92. The van der Waals surface area contributed by atoms with Crippen molar-refractivity contribution < 1.29 is 17.9 Å². The average Bonchev–Trinajstić information content (AvgIpc) is 2.64. The molecule has 0 radical (unpaired) electrons. The molecule has 1 N–H and O–H groups in total. The fraction of sp³-hybridized carbons (Fsp3) is 0.316. The zero-order chi connectivity index (χ0) is 20.0. The number of ether oxygens (including phenoxy) is 1. The number of hydrogen-bond donors (Lipinski definition) is 1. The van der Waals surface area contributed by atoms with E-state index < -0.39 is 16.1 Å². The predicted octanol–water partition coefficient (Wildman–Crippen LogP) is 3.21. The van der Waals surface area contributed by atoms with Gasteiger partial charge in [0.05, 0.1) is 19.1 Å². The van der Waals surface area contributed by atoms with Gasteiger partial charge >= 0.3 is 0 Å². The summed E-state index contributed by atoms with van der Waals surface area (Å²) in [5, 5.41) is 3.30. The van der Waals surface area contributed by atoms with Crippen LogP contribution in [0.5, 0.6) is 5.75 Å². The first-order valence-corrected chi connectivity index (χ1v) is 10.6. The van der Waals surface area contributed by atoms with E-state index in [-0.39, 0.29) is 12.5 Å². The number of hydrogen-bond acceptors (Lipinski definition) is 4. The monoisotopic (exact) mass is 410 g/mol. The Bertz CT molecular complexity index is 868. The summed E-state index contributed by atoms with van der Waals surface area (Å²) >= 11 is 5.89. The number of carbonyl (C=O) groups is 1. The lowest BCUT2D eigenvalue weighted by Crippen LogP contribution is -2.49. The number of carbonyl (C=O) groups excluding carboxylic acids is 1. The van der Waals surface area contributed by atoms with Crippen LogP contribution in [-0.4, -0.2) is 33.7 Å². The van der Waals surface area contributed by atoms with Crippen LogP contribution in [0.25, 0.3) is 0 Å². The topological polar surface area (TPSA) is 75.7 Å². The molecule has 0 aliphatic carbocycles. The average molecular weight is 411 g/mol. The molecule has 2 rings (SSSR count). The molecular formula is C19H23ClN2O4S. The normalized spacial score (nSPS) is 12.3. The highest BCUT2D eigenvalue weighted by Crippen LogP contribution is 2.24. The molecule has 2 aromatic carbocycles. The Hall–Kier alpha value is -2.25. The van der Waals surface area contributed by atoms with E-state index in [1.807, 2.05) is 12.1 Å². The van der Waals surface area contributed by atoms with Crippen molar-refractivity contribution in [2.45, 2.75) is 25.9 Å². The van der Waals surface area contributed by atoms with Gasteiger partial charge in [-0.25, -0.2) is 8.42 Å². The van der Waals surface area contributed by atoms with Crippen LogP contribution in [-0.2, 0) is 21.4 Å². The molecule has 8 heteroatoms. The van der Waals surface area contributed by atoms with Crippen LogP contribution in [0, 0.1) is 0 Å². The van der Waals surface area contributed by atoms with Crippen LogP contribution in [0.1, 0.15) is 18.9 Å². The van der Waals surface area contributed by atoms with Crippen molar-refractivity contribution >= 4 is 33.2 Å².